The molecule has 3 unspecified atom stereocenters. The Bertz CT molecular complexity index is 2150. The molecule has 4 rings (SSSR count). The number of carbonyl (C=O) groups is 5. The number of ether oxygens (including phenoxy) is 5. The van der Waals surface area contributed by atoms with Crippen LogP contribution < -0.4 is 5.32 Å². The molecule has 0 aliphatic carbocycles. The van der Waals surface area contributed by atoms with Crippen LogP contribution in [0.25, 0.3) is 0 Å². The monoisotopic (exact) mass is 975 g/mol. The number of ketones is 2. The van der Waals surface area contributed by atoms with Crippen molar-refractivity contribution in [2.24, 2.45) is 23.7 Å². The molecule has 3 saturated heterocycles. The number of nitrogens with zero attached hydrogens (tertiary/aromatic N) is 2. The number of esters is 1. The maximum atomic E-state index is 14.5. The maximum absolute atomic E-state index is 14.5. The van der Waals surface area contributed by atoms with Gasteiger partial charge in [0.2, 0.25) is 5.91 Å². The first kappa shape index (κ1) is 55.0. The molecule has 21 heteroatoms. The smallest absolute Gasteiger partial charge is 0.411 e. The molecule has 3 heterocycles. The van der Waals surface area contributed by atoms with Gasteiger partial charge in [-0.2, -0.15) is 0 Å². The molecule has 14 atom stereocenters. The van der Waals surface area contributed by atoms with Gasteiger partial charge in [0.15, 0.2) is 37.3 Å². The number of rotatable bonds is 15. The van der Waals surface area contributed by atoms with Crippen molar-refractivity contribution in [3.05, 3.63) is 29.8 Å². The van der Waals surface area contributed by atoms with Crippen molar-refractivity contribution in [1.82, 2.24) is 15.1 Å². The number of hydrogen-bond acceptors (Lipinski definition) is 16. The van der Waals surface area contributed by atoms with E-state index in [9.17, 15) is 50.3 Å². The Morgan fingerprint density at radius 2 is 1.64 bits per heavy atom. The summed E-state index contributed by atoms with van der Waals surface area (Å²) >= 11 is 0. The lowest BCUT2D eigenvalue weighted by Crippen LogP contribution is -2.60. The summed E-state index contributed by atoms with van der Waals surface area (Å²) in [5.41, 5.74) is -2.53. The third-order valence-electron chi connectivity index (χ3n) is 13.5. The highest BCUT2D eigenvalue weighted by molar-refractivity contribution is 7.90. The number of carbonyl (C=O) groups excluding carboxylic acids is 5. The Hall–Kier alpha value is -3.60. The molecule has 0 saturated carbocycles. The summed E-state index contributed by atoms with van der Waals surface area (Å²) in [5, 5.41) is 14.6. The van der Waals surface area contributed by atoms with Crippen LogP contribution in [0, 0.1) is 23.7 Å². The number of sulfone groups is 2. The second-order valence-corrected chi connectivity index (χ2v) is 23.1. The van der Waals surface area contributed by atoms with Crippen molar-refractivity contribution in [2.75, 3.05) is 45.8 Å². The van der Waals surface area contributed by atoms with E-state index in [0.29, 0.717) is 12.0 Å². The van der Waals surface area contributed by atoms with Crippen molar-refractivity contribution in [2.45, 2.75) is 152 Å². The van der Waals surface area contributed by atoms with Crippen LogP contribution in [-0.2, 0) is 69.0 Å². The van der Waals surface area contributed by atoms with Crippen LogP contribution in [0.5, 0.6) is 0 Å². The van der Waals surface area contributed by atoms with Crippen molar-refractivity contribution in [3.8, 4) is 0 Å². The number of nitrogens with one attached hydrogen (secondary N) is 1. The lowest BCUT2D eigenvalue weighted by atomic mass is 9.73. The molecule has 2 amide bonds. The molecule has 3 aliphatic heterocycles. The van der Waals surface area contributed by atoms with Crippen molar-refractivity contribution >= 4 is 49.2 Å². The highest BCUT2D eigenvalue weighted by Crippen LogP contribution is 2.43. The van der Waals surface area contributed by atoms with Gasteiger partial charge >= 0.3 is 12.1 Å². The first-order valence-corrected chi connectivity index (χ1v) is 26.3. The molecule has 3 aliphatic rings. The van der Waals surface area contributed by atoms with Crippen LogP contribution in [-0.4, -0.2) is 167 Å². The molecule has 0 aromatic heterocycles. The molecule has 0 spiro atoms. The van der Waals surface area contributed by atoms with E-state index in [2.05, 4.69) is 5.32 Å². The van der Waals surface area contributed by atoms with E-state index < -0.39 is 145 Å². The molecular weight excluding hydrogens is 906 g/mol. The number of amides is 2. The lowest BCUT2D eigenvalue weighted by Gasteiger charge is -2.47. The zero-order valence-electron chi connectivity index (χ0n) is 40.1. The normalized spacial score (nSPS) is 34.6. The highest BCUT2D eigenvalue weighted by Gasteiger charge is 2.61. The van der Waals surface area contributed by atoms with Gasteiger partial charge in [0.1, 0.15) is 36.5 Å². The third-order valence-corrected chi connectivity index (χ3v) is 15.4. The Balaban J connectivity index is 1.59. The zero-order chi connectivity index (χ0) is 49.9. The summed E-state index contributed by atoms with van der Waals surface area (Å²) in [6.45, 7) is 12.0. The average Bonchev–Trinajstić information content (AvgIpc) is 3.49. The van der Waals surface area contributed by atoms with Crippen molar-refractivity contribution in [3.63, 3.8) is 0 Å². The van der Waals surface area contributed by atoms with E-state index in [-0.39, 0.29) is 37.1 Å². The number of aliphatic hydroxyl groups excluding tert-OH is 1. The fourth-order valence-electron chi connectivity index (χ4n) is 9.83. The highest BCUT2D eigenvalue weighted by atomic mass is 32.2. The number of aliphatic hydroxyl groups is 1. The standard InChI is InChI=1S/C45H70FN3O15S2/c1-13-34-45(8)39(49(43(55)64-45)24-65(11,56)57)27(4)36(51)25(2)22-44(7,60-10)40(28(5)37(52)29(6)41(54)62-34)63-42-38(53)33(20-26(3)61-42)48(9)19-18-35(50)47-31(23-46)21-30-14-16-32(17-15-30)66(12,58)59/h14-17,25-29,31,33-34,38-40,42,53H,13,18-24H2,1-12H3,(H,47,50)/t25-,26-,27+,28+,29-,31+,33+,34-,38-,39?,40-,42+,44?,45?/m1/s1. The largest absolute Gasteiger partial charge is 0.458 e. The van der Waals surface area contributed by atoms with Gasteiger partial charge in [0.05, 0.1) is 34.8 Å². The second kappa shape index (κ2) is 21.8. The number of benzene rings is 1. The second-order valence-electron chi connectivity index (χ2n) is 19.0. The minimum atomic E-state index is -3.83. The van der Waals surface area contributed by atoms with Crippen LogP contribution in [0.4, 0.5) is 9.18 Å². The summed E-state index contributed by atoms with van der Waals surface area (Å²) in [6, 6.07) is 3.28. The third kappa shape index (κ3) is 12.7. The summed E-state index contributed by atoms with van der Waals surface area (Å²) < 4.78 is 93.6. The SMILES string of the molecule is CC[C@H]1OC(=O)[C@H](C)C(=O)[C@H](C)[C@@H](O[C@@H]2O[C@H](C)C[C@H](N(C)CCC(=O)N[C@H](CF)Cc3ccc(S(C)(=O)=O)cc3)[C@H]2O)C(C)(OC)C[C@@H](C)C(=O)[C@H](C)C2N(CS(C)(=O)=O)C(=O)OC21C. The van der Waals surface area contributed by atoms with Gasteiger partial charge < -0.3 is 39.0 Å². The van der Waals surface area contributed by atoms with E-state index in [1.807, 2.05) is 0 Å². The van der Waals surface area contributed by atoms with Gasteiger partial charge in [-0.1, -0.05) is 39.8 Å². The van der Waals surface area contributed by atoms with Gasteiger partial charge in [0, 0.05) is 56.4 Å². The number of halogens is 1. The number of hydrogen-bond donors (Lipinski definition) is 2. The maximum Gasteiger partial charge on any atom is 0.411 e. The van der Waals surface area contributed by atoms with Crippen LogP contribution in [0.3, 0.4) is 0 Å². The number of likely N-dealkylation sites (N-methyl/N-ethyl adjacent to an activating group) is 1. The number of Topliss-reactive ketones (excluding diaryl/α,β-unsaturated/α-hetero) is 2. The van der Waals surface area contributed by atoms with Gasteiger partial charge in [0.25, 0.3) is 0 Å². The van der Waals surface area contributed by atoms with E-state index in [4.69, 9.17) is 23.7 Å². The average molecular weight is 976 g/mol. The molecule has 0 bridgehead atoms. The minimum Gasteiger partial charge on any atom is -0.458 e. The first-order chi connectivity index (χ1) is 30.5. The zero-order valence-corrected chi connectivity index (χ0v) is 41.8. The quantitative estimate of drug-likeness (QED) is 0.190. The van der Waals surface area contributed by atoms with Gasteiger partial charge in [-0.3, -0.25) is 24.1 Å². The van der Waals surface area contributed by atoms with E-state index >= 15 is 0 Å². The summed E-state index contributed by atoms with van der Waals surface area (Å²) in [5.74, 6) is -7.63. The molecule has 3 fully saturated rings. The molecule has 374 valence electrons. The fraction of sp³-hybridized carbons (Fsp3) is 0.756. The molecular formula is C45H70FN3O15S2. The van der Waals surface area contributed by atoms with Gasteiger partial charge in [-0.25, -0.2) is 26.0 Å². The van der Waals surface area contributed by atoms with Crippen molar-refractivity contribution in [1.29, 1.82) is 0 Å². The summed E-state index contributed by atoms with van der Waals surface area (Å²) in [7, 11) is -4.17. The molecule has 0 radical (unpaired) electrons. The van der Waals surface area contributed by atoms with Gasteiger partial charge in [-0.05, 0) is 78.1 Å². The predicted octanol–water partition coefficient (Wildman–Crippen LogP) is 3.05. The Labute approximate surface area is 388 Å². The van der Waals surface area contributed by atoms with Gasteiger partial charge in [-0.15, -0.1) is 0 Å². The Morgan fingerprint density at radius 1 is 1.02 bits per heavy atom. The summed E-state index contributed by atoms with van der Waals surface area (Å²) in [4.78, 5) is 72.2. The lowest BCUT2D eigenvalue weighted by molar-refractivity contribution is -0.296. The fourth-order valence-corrected chi connectivity index (χ4v) is 11.2. The van der Waals surface area contributed by atoms with Crippen LogP contribution >= 0.6 is 0 Å². The molecule has 18 nitrogen and oxygen atoms in total. The molecule has 2 N–H and O–H groups in total. The number of alkyl halides is 1. The molecule has 66 heavy (non-hydrogen) atoms. The van der Waals surface area contributed by atoms with Crippen molar-refractivity contribution < 1.29 is 74.0 Å². The van der Waals surface area contributed by atoms with Crippen LogP contribution in [0.1, 0.15) is 86.6 Å². The Morgan fingerprint density at radius 3 is 2.18 bits per heavy atom. The Kier molecular flexibility index (Phi) is 18.2. The predicted molar refractivity (Wildman–Crippen MR) is 239 cm³/mol. The topological polar surface area (TPSA) is 239 Å². The molecule has 1 aromatic rings. The van der Waals surface area contributed by atoms with E-state index in [0.717, 1.165) is 17.4 Å². The van der Waals surface area contributed by atoms with Crippen LogP contribution in [0.15, 0.2) is 29.2 Å². The number of fused-ring (bicyclic) bond motifs is 1. The minimum absolute atomic E-state index is 0.0660. The van der Waals surface area contributed by atoms with E-state index in [1.165, 1.54) is 33.1 Å². The number of cyclic esters (lactones) is 1. The van der Waals surface area contributed by atoms with E-state index in [1.54, 1.807) is 65.6 Å². The summed E-state index contributed by atoms with van der Waals surface area (Å²) in [6.07, 6.45) is -4.28. The van der Waals surface area contributed by atoms with Crippen LogP contribution in [0.2, 0.25) is 0 Å². The first-order valence-electron chi connectivity index (χ1n) is 22.4. The molecule has 1 aromatic carbocycles. The number of methoxy groups -OCH3 is 1.